The highest BCUT2D eigenvalue weighted by Crippen LogP contribution is 2.36. The topological polar surface area (TPSA) is 35.5 Å². The highest BCUT2D eigenvalue weighted by atomic mass is 35.5. The number of carbonyl (C=O) groups is 1. The van der Waals surface area contributed by atoms with Gasteiger partial charge in [-0.1, -0.05) is 11.6 Å². The second-order valence-corrected chi connectivity index (χ2v) is 3.41. The molecule has 4 heteroatoms. The molecule has 0 aliphatic carbocycles. The zero-order valence-electron chi connectivity index (χ0n) is 7.46. The first kappa shape index (κ1) is 9.34. The highest BCUT2D eigenvalue weighted by Gasteiger charge is 2.15. The van der Waals surface area contributed by atoms with Crippen LogP contribution in [0.2, 0.25) is 5.02 Å². The molecule has 74 valence electrons. The third kappa shape index (κ3) is 1.68. The van der Waals surface area contributed by atoms with Crippen LogP contribution in [0.25, 0.3) is 0 Å². The Bertz CT molecular complexity index is 363. The van der Waals surface area contributed by atoms with Gasteiger partial charge >= 0.3 is 0 Å². The molecule has 0 saturated carbocycles. The van der Waals surface area contributed by atoms with E-state index in [9.17, 15) is 4.79 Å². The van der Waals surface area contributed by atoms with Crippen LogP contribution in [-0.4, -0.2) is 13.1 Å². The molecule has 1 aromatic carbocycles. The zero-order valence-corrected chi connectivity index (χ0v) is 8.21. The molecule has 0 bridgehead atoms. The van der Waals surface area contributed by atoms with E-state index >= 15 is 0 Å². The van der Waals surface area contributed by atoms with Crippen LogP contribution in [-0.2, 0) is 11.2 Å². The lowest BCUT2D eigenvalue weighted by Crippen LogP contribution is -1.93. The largest absolute Gasteiger partial charge is 0.454 e. The Kier molecular flexibility index (Phi) is 2.59. The molecular weight excluding hydrogens is 204 g/mol. The summed E-state index contributed by atoms with van der Waals surface area (Å²) in [4.78, 5) is 10.2. The summed E-state index contributed by atoms with van der Waals surface area (Å²) in [7, 11) is 0. The lowest BCUT2D eigenvalue weighted by molar-refractivity contribution is -0.107. The molecule has 0 fully saturated rings. The molecule has 2 rings (SSSR count). The number of ether oxygens (including phenoxy) is 2. The van der Waals surface area contributed by atoms with Crippen molar-refractivity contribution in [2.24, 2.45) is 0 Å². The summed E-state index contributed by atoms with van der Waals surface area (Å²) in [5, 5.41) is 0.621. The normalized spacial score (nSPS) is 12.9. The molecule has 14 heavy (non-hydrogen) atoms. The van der Waals surface area contributed by atoms with Crippen molar-refractivity contribution in [2.75, 3.05) is 6.79 Å². The summed E-state index contributed by atoms with van der Waals surface area (Å²) < 4.78 is 10.4. The standard InChI is InChI=1S/C10H9ClO3/c11-8-5-10-9(13-6-14-10)4-7(8)2-1-3-12/h3-5H,1-2,6H2. The van der Waals surface area contributed by atoms with Crippen molar-refractivity contribution < 1.29 is 14.3 Å². The van der Waals surface area contributed by atoms with Gasteiger partial charge in [-0.25, -0.2) is 0 Å². The molecule has 1 aliphatic rings. The van der Waals surface area contributed by atoms with E-state index in [-0.39, 0.29) is 6.79 Å². The summed E-state index contributed by atoms with van der Waals surface area (Å²) in [5.74, 6) is 1.38. The van der Waals surface area contributed by atoms with Gasteiger partial charge in [0.15, 0.2) is 11.5 Å². The maximum atomic E-state index is 10.2. The molecule has 0 amide bonds. The van der Waals surface area contributed by atoms with Gasteiger partial charge in [0.1, 0.15) is 6.29 Å². The number of aldehydes is 1. The maximum Gasteiger partial charge on any atom is 0.231 e. The zero-order chi connectivity index (χ0) is 9.97. The van der Waals surface area contributed by atoms with Crippen molar-refractivity contribution >= 4 is 17.9 Å². The third-order valence-corrected chi connectivity index (χ3v) is 2.42. The Morgan fingerprint density at radius 3 is 2.79 bits per heavy atom. The molecule has 0 unspecified atom stereocenters. The Morgan fingerprint density at radius 2 is 2.07 bits per heavy atom. The van der Waals surface area contributed by atoms with Crippen LogP contribution < -0.4 is 9.47 Å². The molecule has 0 radical (unpaired) electrons. The van der Waals surface area contributed by atoms with Crippen LogP contribution in [0.5, 0.6) is 11.5 Å². The molecule has 1 aromatic rings. The van der Waals surface area contributed by atoms with E-state index < -0.39 is 0 Å². The van der Waals surface area contributed by atoms with Gasteiger partial charge in [-0.15, -0.1) is 0 Å². The van der Waals surface area contributed by atoms with Gasteiger partial charge in [0.2, 0.25) is 6.79 Å². The Morgan fingerprint density at radius 1 is 1.36 bits per heavy atom. The fourth-order valence-electron chi connectivity index (χ4n) is 1.37. The van der Waals surface area contributed by atoms with Gasteiger partial charge in [-0.3, -0.25) is 0 Å². The van der Waals surface area contributed by atoms with Gasteiger partial charge in [-0.05, 0) is 18.1 Å². The van der Waals surface area contributed by atoms with Gasteiger partial charge in [0.25, 0.3) is 0 Å². The monoisotopic (exact) mass is 212 g/mol. The highest BCUT2D eigenvalue weighted by molar-refractivity contribution is 6.31. The van der Waals surface area contributed by atoms with Crippen LogP contribution in [0, 0.1) is 0 Å². The Labute approximate surface area is 86.6 Å². The minimum Gasteiger partial charge on any atom is -0.454 e. The van der Waals surface area contributed by atoms with Crippen molar-refractivity contribution in [3.63, 3.8) is 0 Å². The fourth-order valence-corrected chi connectivity index (χ4v) is 1.61. The summed E-state index contributed by atoms with van der Waals surface area (Å²) in [6.45, 7) is 0.239. The predicted molar refractivity (Wildman–Crippen MR) is 52.0 cm³/mol. The average Bonchev–Trinajstić information content (AvgIpc) is 2.61. The van der Waals surface area contributed by atoms with Crippen molar-refractivity contribution in [3.8, 4) is 11.5 Å². The minimum atomic E-state index is 0.239. The summed E-state index contributed by atoms with van der Waals surface area (Å²) >= 11 is 5.99. The Hall–Kier alpha value is -1.22. The van der Waals surface area contributed by atoms with E-state index in [0.29, 0.717) is 29.4 Å². The van der Waals surface area contributed by atoms with Crippen molar-refractivity contribution in [2.45, 2.75) is 12.8 Å². The van der Waals surface area contributed by atoms with E-state index in [1.54, 1.807) is 6.07 Å². The molecule has 0 spiro atoms. The molecule has 0 N–H and O–H groups in total. The maximum absolute atomic E-state index is 10.2. The van der Waals surface area contributed by atoms with Gasteiger partial charge in [0.05, 0.1) is 0 Å². The first-order valence-electron chi connectivity index (χ1n) is 4.33. The van der Waals surface area contributed by atoms with E-state index in [1.807, 2.05) is 6.07 Å². The minimum absolute atomic E-state index is 0.239. The van der Waals surface area contributed by atoms with E-state index in [1.165, 1.54) is 0 Å². The molecule has 0 saturated heterocycles. The van der Waals surface area contributed by atoms with Crippen molar-refractivity contribution in [1.29, 1.82) is 0 Å². The van der Waals surface area contributed by atoms with Gasteiger partial charge in [-0.2, -0.15) is 0 Å². The molecule has 1 heterocycles. The molecule has 1 aliphatic heterocycles. The summed E-state index contributed by atoms with van der Waals surface area (Å²) in [6, 6.07) is 3.55. The van der Waals surface area contributed by atoms with Crippen LogP contribution in [0.15, 0.2) is 12.1 Å². The van der Waals surface area contributed by atoms with E-state index in [0.717, 1.165) is 11.8 Å². The summed E-state index contributed by atoms with van der Waals surface area (Å²) in [5.41, 5.74) is 0.919. The lowest BCUT2D eigenvalue weighted by atomic mass is 10.1. The molecule has 0 atom stereocenters. The quantitative estimate of drug-likeness (QED) is 0.721. The number of benzene rings is 1. The second-order valence-electron chi connectivity index (χ2n) is 3.00. The van der Waals surface area contributed by atoms with Gasteiger partial charge in [0, 0.05) is 17.5 Å². The first-order chi connectivity index (χ1) is 6.81. The van der Waals surface area contributed by atoms with Crippen LogP contribution in [0.4, 0.5) is 0 Å². The third-order valence-electron chi connectivity index (χ3n) is 2.07. The lowest BCUT2D eigenvalue weighted by Gasteiger charge is -2.03. The SMILES string of the molecule is O=CCCc1cc2c(cc1Cl)OCO2. The number of halogens is 1. The average molecular weight is 213 g/mol. The second kappa shape index (κ2) is 3.88. The van der Waals surface area contributed by atoms with E-state index in [2.05, 4.69) is 0 Å². The van der Waals surface area contributed by atoms with Crippen LogP contribution >= 0.6 is 11.6 Å². The predicted octanol–water partition coefficient (Wildman–Crippen LogP) is 2.20. The van der Waals surface area contributed by atoms with E-state index in [4.69, 9.17) is 21.1 Å². The molecular formula is C10H9ClO3. The Balaban J connectivity index is 2.27. The first-order valence-corrected chi connectivity index (χ1v) is 4.70. The fraction of sp³-hybridized carbons (Fsp3) is 0.300. The van der Waals surface area contributed by atoms with Gasteiger partial charge < -0.3 is 14.3 Å². The number of carbonyl (C=O) groups excluding carboxylic acids is 1. The molecule has 0 aromatic heterocycles. The van der Waals surface area contributed by atoms with Crippen molar-refractivity contribution in [3.05, 3.63) is 22.7 Å². The number of aryl methyl sites for hydroxylation is 1. The number of hydrogen-bond acceptors (Lipinski definition) is 3. The summed E-state index contributed by atoms with van der Waals surface area (Å²) in [6.07, 6.45) is 1.99. The van der Waals surface area contributed by atoms with Crippen molar-refractivity contribution in [1.82, 2.24) is 0 Å². The smallest absolute Gasteiger partial charge is 0.231 e. The van der Waals surface area contributed by atoms with Crippen LogP contribution in [0.3, 0.4) is 0 Å². The number of fused-ring (bicyclic) bond motifs is 1. The molecule has 3 nitrogen and oxygen atoms in total. The van der Waals surface area contributed by atoms with Crippen LogP contribution in [0.1, 0.15) is 12.0 Å². The number of rotatable bonds is 3. The number of hydrogen-bond donors (Lipinski definition) is 0.